The SMILES string of the molecule is Cc1nc(CC(=O)N/N=C\CCc2ccccc2)cs1. The lowest BCUT2D eigenvalue weighted by Gasteiger charge is -1.98. The third-order valence-electron chi connectivity index (χ3n) is 2.69. The fourth-order valence-corrected chi connectivity index (χ4v) is 2.36. The van der Waals surface area contributed by atoms with E-state index in [1.165, 1.54) is 5.56 Å². The molecule has 20 heavy (non-hydrogen) atoms. The van der Waals surface area contributed by atoms with Crippen molar-refractivity contribution in [3.8, 4) is 0 Å². The molecule has 2 rings (SSSR count). The number of nitrogens with zero attached hydrogens (tertiary/aromatic N) is 2. The van der Waals surface area contributed by atoms with Crippen molar-refractivity contribution in [1.29, 1.82) is 0 Å². The molecule has 0 radical (unpaired) electrons. The molecule has 0 aliphatic carbocycles. The van der Waals surface area contributed by atoms with E-state index in [9.17, 15) is 4.79 Å². The lowest BCUT2D eigenvalue weighted by atomic mass is 10.1. The minimum Gasteiger partial charge on any atom is -0.273 e. The van der Waals surface area contributed by atoms with Crippen LogP contribution >= 0.6 is 11.3 Å². The number of hydrogen-bond donors (Lipinski definition) is 1. The summed E-state index contributed by atoms with van der Waals surface area (Å²) in [7, 11) is 0. The highest BCUT2D eigenvalue weighted by atomic mass is 32.1. The smallest absolute Gasteiger partial charge is 0.246 e. The number of carbonyl (C=O) groups excluding carboxylic acids is 1. The Kier molecular flexibility index (Phi) is 5.43. The van der Waals surface area contributed by atoms with Crippen molar-refractivity contribution in [2.45, 2.75) is 26.2 Å². The van der Waals surface area contributed by atoms with E-state index in [4.69, 9.17) is 0 Å². The Bertz CT molecular complexity index is 578. The molecule has 0 atom stereocenters. The third-order valence-corrected chi connectivity index (χ3v) is 3.52. The molecule has 0 saturated carbocycles. The summed E-state index contributed by atoms with van der Waals surface area (Å²) in [4.78, 5) is 15.8. The van der Waals surface area contributed by atoms with E-state index in [1.807, 2.05) is 30.5 Å². The first-order valence-corrected chi connectivity index (χ1v) is 7.37. The van der Waals surface area contributed by atoms with Gasteiger partial charge in [-0.1, -0.05) is 30.3 Å². The van der Waals surface area contributed by atoms with Gasteiger partial charge in [-0.25, -0.2) is 10.4 Å². The number of rotatable bonds is 6. The van der Waals surface area contributed by atoms with Crippen molar-refractivity contribution in [1.82, 2.24) is 10.4 Å². The maximum Gasteiger partial charge on any atom is 0.246 e. The number of aromatic nitrogens is 1. The molecule has 0 bridgehead atoms. The molecule has 0 aliphatic heterocycles. The van der Waals surface area contributed by atoms with Crippen molar-refractivity contribution < 1.29 is 4.79 Å². The van der Waals surface area contributed by atoms with E-state index in [2.05, 4.69) is 27.6 Å². The first-order chi connectivity index (χ1) is 9.74. The molecule has 1 amide bonds. The topological polar surface area (TPSA) is 54.4 Å². The number of thiazole rings is 1. The Labute approximate surface area is 122 Å². The summed E-state index contributed by atoms with van der Waals surface area (Å²) in [6.07, 6.45) is 3.74. The van der Waals surface area contributed by atoms with Crippen LogP contribution in [0.3, 0.4) is 0 Å². The highest BCUT2D eigenvalue weighted by molar-refractivity contribution is 7.09. The van der Waals surface area contributed by atoms with Crippen LogP contribution in [0.25, 0.3) is 0 Å². The molecule has 0 unspecified atom stereocenters. The fraction of sp³-hybridized carbons (Fsp3) is 0.267. The summed E-state index contributed by atoms with van der Waals surface area (Å²) in [5.41, 5.74) is 4.58. The number of hydrazone groups is 1. The van der Waals surface area contributed by atoms with Gasteiger partial charge in [-0.2, -0.15) is 5.10 Å². The Morgan fingerprint density at radius 1 is 1.40 bits per heavy atom. The molecule has 4 nitrogen and oxygen atoms in total. The first kappa shape index (κ1) is 14.4. The predicted octanol–water partition coefficient (Wildman–Crippen LogP) is 2.73. The molecule has 5 heteroatoms. The summed E-state index contributed by atoms with van der Waals surface area (Å²) in [6, 6.07) is 10.2. The normalized spacial score (nSPS) is 10.8. The van der Waals surface area contributed by atoms with Gasteiger partial charge in [0.15, 0.2) is 0 Å². The van der Waals surface area contributed by atoms with Crippen LogP contribution in [0.2, 0.25) is 0 Å². The monoisotopic (exact) mass is 287 g/mol. The maximum atomic E-state index is 11.6. The van der Waals surface area contributed by atoms with E-state index in [-0.39, 0.29) is 12.3 Å². The standard InChI is InChI=1S/C15H17N3OS/c1-12-17-14(11-20-12)10-15(19)18-16-9-5-8-13-6-3-2-4-7-13/h2-4,6-7,9,11H,5,8,10H2,1H3,(H,18,19)/b16-9-. The van der Waals surface area contributed by atoms with Crippen LogP contribution in [-0.4, -0.2) is 17.1 Å². The first-order valence-electron chi connectivity index (χ1n) is 6.49. The van der Waals surface area contributed by atoms with Crippen LogP contribution in [0.5, 0.6) is 0 Å². The lowest BCUT2D eigenvalue weighted by Crippen LogP contribution is -2.19. The Balaban J connectivity index is 1.67. The van der Waals surface area contributed by atoms with Gasteiger partial charge in [0, 0.05) is 11.6 Å². The second-order valence-electron chi connectivity index (χ2n) is 4.41. The van der Waals surface area contributed by atoms with Crippen LogP contribution in [0.4, 0.5) is 0 Å². The quantitative estimate of drug-likeness (QED) is 0.656. The minimum absolute atomic E-state index is 0.133. The molecule has 1 N–H and O–H groups in total. The molecule has 1 aromatic carbocycles. The van der Waals surface area contributed by atoms with Crippen molar-refractivity contribution in [2.75, 3.05) is 0 Å². The zero-order chi connectivity index (χ0) is 14.2. The summed E-state index contributed by atoms with van der Waals surface area (Å²) < 4.78 is 0. The number of aryl methyl sites for hydroxylation is 2. The second kappa shape index (κ2) is 7.55. The molecule has 0 spiro atoms. The van der Waals surface area contributed by atoms with E-state index in [0.717, 1.165) is 23.5 Å². The number of benzene rings is 1. The summed E-state index contributed by atoms with van der Waals surface area (Å²) in [5.74, 6) is -0.133. The largest absolute Gasteiger partial charge is 0.273 e. The average Bonchev–Trinajstić information content (AvgIpc) is 2.85. The van der Waals surface area contributed by atoms with Crippen molar-refractivity contribution in [3.05, 3.63) is 52.0 Å². The molecule has 0 saturated heterocycles. The molecular weight excluding hydrogens is 270 g/mol. The number of amides is 1. The predicted molar refractivity (Wildman–Crippen MR) is 82.0 cm³/mol. The third kappa shape index (κ3) is 4.93. The Morgan fingerprint density at radius 2 is 2.20 bits per heavy atom. The van der Waals surface area contributed by atoms with Crippen molar-refractivity contribution in [3.63, 3.8) is 0 Å². The molecule has 104 valence electrons. The van der Waals surface area contributed by atoms with Gasteiger partial charge in [0.05, 0.1) is 17.1 Å². The fourth-order valence-electron chi connectivity index (χ4n) is 1.75. The van der Waals surface area contributed by atoms with Crippen LogP contribution in [0.15, 0.2) is 40.8 Å². The van der Waals surface area contributed by atoms with Gasteiger partial charge in [-0.3, -0.25) is 4.79 Å². The molecule has 0 fully saturated rings. The second-order valence-corrected chi connectivity index (χ2v) is 5.47. The van der Waals surface area contributed by atoms with Crippen LogP contribution in [0, 0.1) is 6.92 Å². The van der Waals surface area contributed by atoms with Crippen molar-refractivity contribution >= 4 is 23.5 Å². The summed E-state index contributed by atoms with van der Waals surface area (Å²) in [6.45, 7) is 1.92. The van der Waals surface area contributed by atoms with Crippen molar-refractivity contribution in [2.24, 2.45) is 5.10 Å². The molecule has 1 aromatic heterocycles. The van der Waals surface area contributed by atoms with Gasteiger partial charge in [-0.15, -0.1) is 11.3 Å². The van der Waals surface area contributed by atoms with Crippen LogP contribution in [0.1, 0.15) is 22.7 Å². The number of nitrogens with one attached hydrogen (secondary N) is 1. The van der Waals surface area contributed by atoms with E-state index >= 15 is 0 Å². The zero-order valence-corrected chi connectivity index (χ0v) is 12.2. The highest BCUT2D eigenvalue weighted by Gasteiger charge is 2.04. The van der Waals surface area contributed by atoms with E-state index < -0.39 is 0 Å². The minimum atomic E-state index is -0.133. The zero-order valence-electron chi connectivity index (χ0n) is 11.4. The number of hydrogen-bond acceptors (Lipinski definition) is 4. The Hall–Kier alpha value is -2.01. The summed E-state index contributed by atoms with van der Waals surface area (Å²) in [5, 5.41) is 6.81. The van der Waals surface area contributed by atoms with Gasteiger partial charge >= 0.3 is 0 Å². The average molecular weight is 287 g/mol. The molecule has 0 aliphatic rings. The lowest BCUT2D eigenvalue weighted by molar-refractivity contribution is -0.120. The maximum absolute atomic E-state index is 11.6. The van der Waals surface area contributed by atoms with Crippen LogP contribution < -0.4 is 5.43 Å². The van der Waals surface area contributed by atoms with Gasteiger partial charge in [0.2, 0.25) is 5.91 Å². The van der Waals surface area contributed by atoms with E-state index in [0.29, 0.717) is 0 Å². The van der Waals surface area contributed by atoms with Crippen LogP contribution in [-0.2, 0) is 17.6 Å². The van der Waals surface area contributed by atoms with Gasteiger partial charge < -0.3 is 0 Å². The molecule has 1 heterocycles. The van der Waals surface area contributed by atoms with Gasteiger partial charge in [0.1, 0.15) is 0 Å². The molecular formula is C15H17N3OS. The summed E-state index contributed by atoms with van der Waals surface area (Å²) >= 11 is 1.55. The van der Waals surface area contributed by atoms with E-state index in [1.54, 1.807) is 17.6 Å². The van der Waals surface area contributed by atoms with Gasteiger partial charge in [-0.05, 0) is 25.3 Å². The number of carbonyl (C=O) groups is 1. The molecule has 2 aromatic rings. The van der Waals surface area contributed by atoms with Gasteiger partial charge in [0.25, 0.3) is 0 Å². The Morgan fingerprint density at radius 3 is 2.90 bits per heavy atom. The highest BCUT2D eigenvalue weighted by Crippen LogP contribution is 2.08.